The van der Waals surface area contributed by atoms with Crippen LogP contribution in [-0.2, 0) is 4.79 Å². The van der Waals surface area contributed by atoms with E-state index in [1.807, 2.05) is 13.0 Å². The van der Waals surface area contributed by atoms with E-state index >= 15 is 0 Å². The molecule has 1 fully saturated rings. The van der Waals surface area contributed by atoms with Gasteiger partial charge >= 0.3 is 0 Å². The van der Waals surface area contributed by atoms with E-state index in [1.165, 1.54) is 12.1 Å². The first-order valence-corrected chi connectivity index (χ1v) is 10.4. The van der Waals surface area contributed by atoms with Gasteiger partial charge in [-0.15, -0.1) is 12.4 Å². The Morgan fingerprint density at radius 2 is 2.03 bits per heavy atom. The van der Waals surface area contributed by atoms with Gasteiger partial charge in [-0.05, 0) is 37.0 Å². The molecular formula is C22H26ClFN8O. The second-order valence-electron chi connectivity index (χ2n) is 7.84. The van der Waals surface area contributed by atoms with Gasteiger partial charge in [-0.3, -0.25) is 9.78 Å². The van der Waals surface area contributed by atoms with Crippen LogP contribution in [0, 0.1) is 11.7 Å². The monoisotopic (exact) mass is 472 g/mol. The SMILES string of the molecule is C[C@H](Nc1nc(Nc2cnccn2)cc(N2CC[C@H](CC(N)=O)C2)n1)c1ccc(F)cc1.Cl. The highest BCUT2D eigenvalue weighted by atomic mass is 35.5. The van der Waals surface area contributed by atoms with Crippen molar-refractivity contribution < 1.29 is 9.18 Å². The van der Waals surface area contributed by atoms with Gasteiger partial charge in [0.2, 0.25) is 11.9 Å². The molecule has 2 atom stereocenters. The summed E-state index contributed by atoms with van der Waals surface area (Å²) in [6.45, 7) is 3.42. The molecule has 4 N–H and O–H groups in total. The number of carbonyl (C=O) groups is 1. The van der Waals surface area contributed by atoms with Crippen LogP contribution in [0.1, 0.15) is 31.4 Å². The number of carbonyl (C=O) groups excluding carboxylic acids is 1. The van der Waals surface area contributed by atoms with Crippen molar-refractivity contribution in [3.05, 3.63) is 60.3 Å². The third kappa shape index (κ3) is 6.48. The third-order valence-electron chi connectivity index (χ3n) is 5.35. The minimum absolute atomic E-state index is 0. The lowest BCUT2D eigenvalue weighted by molar-refractivity contribution is -0.118. The summed E-state index contributed by atoms with van der Waals surface area (Å²) in [5.41, 5.74) is 6.28. The number of aromatic nitrogens is 4. The van der Waals surface area contributed by atoms with Gasteiger partial charge in [0.1, 0.15) is 23.3 Å². The number of nitrogens with two attached hydrogens (primary N) is 1. The summed E-state index contributed by atoms with van der Waals surface area (Å²) >= 11 is 0. The first kappa shape index (κ1) is 24.1. The fourth-order valence-corrected chi connectivity index (χ4v) is 3.74. The standard InChI is InChI=1S/C22H25FN8O.ClH/c1-14(16-2-4-17(23)5-3-16)27-22-29-19(28-20-12-25-7-8-26-20)11-21(30-22)31-9-6-15(13-31)10-18(24)32;/h2-5,7-8,11-12,14-15H,6,9-10,13H2,1H3,(H2,24,32)(H2,26,27,28,29,30);1H/t14-,15+;/m0./s1. The van der Waals surface area contributed by atoms with Crippen molar-refractivity contribution in [3.63, 3.8) is 0 Å². The van der Waals surface area contributed by atoms with Crippen LogP contribution in [0.3, 0.4) is 0 Å². The molecule has 1 aromatic carbocycles. The Morgan fingerprint density at radius 3 is 2.73 bits per heavy atom. The molecule has 0 saturated carbocycles. The van der Waals surface area contributed by atoms with Gasteiger partial charge in [0.25, 0.3) is 0 Å². The molecule has 174 valence electrons. The number of primary amides is 1. The number of anilines is 4. The van der Waals surface area contributed by atoms with Crippen LogP contribution < -0.4 is 21.3 Å². The zero-order chi connectivity index (χ0) is 22.5. The predicted octanol–water partition coefficient (Wildman–Crippen LogP) is 3.45. The fourth-order valence-electron chi connectivity index (χ4n) is 3.74. The van der Waals surface area contributed by atoms with Gasteiger partial charge < -0.3 is 21.3 Å². The second kappa shape index (κ2) is 10.9. The number of nitrogens with zero attached hydrogens (tertiary/aromatic N) is 5. The number of rotatable bonds is 8. The zero-order valence-corrected chi connectivity index (χ0v) is 18.9. The molecule has 9 nitrogen and oxygen atoms in total. The number of halogens is 2. The Kier molecular flexibility index (Phi) is 7.94. The van der Waals surface area contributed by atoms with Crippen molar-refractivity contribution in [1.82, 2.24) is 19.9 Å². The highest BCUT2D eigenvalue weighted by Gasteiger charge is 2.26. The Hall–Kier alpha value is -3.53. The lowest BCUT2D eigenvalue weighted by Crippen LogP contribution is -2.24. The summed E-state index contributed by atoms with van der Waals surface area (Å²) in [7, 11) is 0. The average Bonchev–Trinajstić information content (AvgIpc) is 3.22. The summed E-state index contributed by atoms with van der Waals surface area (Å²) in [6.07, 6.45) is 6.02. The molecule has 0 unspecified atom stereocenters. The maximum atomic E-state index is 13.3. The van der Waals surface area contributed by atoms with E-state index in [4.69, 9.17) is 10.7 Å². The number of hydrogen-bond acceptors (Lipinski definition) is 8. The summed E-state index contributed by atoms with van der Waals surface area (Å²) in [4.78, 5) is 31.0. The lowest BCUT2D eigenvalue weighted by Gasteiger charge is -2.21. The number of benzene rings is 1. The van der Waals surface area contributed by atoms with Crippen molar-refractivity contribution in [2.24, 2.45) is 11.7 Å². The lowest BCUT2D eigenvalue weighted by atomic mass is 10.1. The van der Waals surface area contributed by atoms with Crippen LogP contribution in [-0.4, -0.2) is 38.9 Å². The molecule has 3 aromatic rings. The molecule has 1 amide bonds. The molecule has 0 bridgehead atoms. The Labute approximate surface area is 197 Å². The van der Waals surface area contributed by atoms with E-state index in [1.54, 1.807) is 30.7 Å². The van der Waals surface area contributed by atoms with E-state index in [0.717, 1.165) is 24.3 Å². The van der Waals surface area contributed by atoms with Crippen LogP contribution >= 0.6 is 12.4 Å². The van der Waals surface area contributed by atoms with Crippen LogP contribution in [0.2, 0.25) is 0 Å². The molecule has 4 rings (SSSR count). The van der Waals surface area contributed by atoms with Gasteiger partial charge in [0, 0.05) is 38.0 Å². The molecule has 33 heavy (non-hydrogen) atoms. The second-order valence-corrected chi connectivity index (χ2v) is 7.84. The Bertz CT molecular complexity index is 1070. The van der Waals surface area contributed by atoms with Gasteiger partial charge in [-0.25, -0.2) is 9.37 Å². The van der Waals surface area contributed by atoms with E-state index in [-0.39, 0.29) is 36.1 Å². The van der Waals surface area contributed by atoms with E-state index in [9.17, 15) is 9.18 Å². The maximum absolute atomic E-state index is 13.3. The first-order chi connectivity index (χ1) is 15.5. The molecule has 0 radical (unpaired) electrons. The Balaban J connectivity index is 0.00000306. The van der Waals surface area contributed by atoms with Gasteiger partial charge in [0.05, 0.1) is 12.2 Å². The minimum atomic E-state index is -0.292. The van der Waals surface area contributed by atoms with Crippen molar-refractivity contribution >= 4 is 41.7 Å². The van der Waals surface area contributed by atoms with Crippen LogP contribution in [0.5, 0.6) is 0 Å². The number of nitrogens with one attached hydrogen (secondary N) is 2. The molecule has 11 heteroatoms. The van der Waals surface area contributed by atoms with E-state index in [2.05, 4.69) is 30.5 Å². The summed E-state index contributed by atoms with van der Waals surface area (Å²) in [5, 5.41) is 6.45. The number of hydrogen-bond donors (Lipinski definition) is 3. The number of amides is 1. The third-order valence-corrected chi connectivity index (χ3v) is 5.35. The predicted molar refractivity (Wildman–Crippen MR) is 127 cm³/mol. The molecular weight excluding hydrogens is 447 g/mol. The maximum Gasteiger partial charge on any atom is 0.227 e. The average molecular weight is 473 g/mol. The molecule has 1 saturated heterocycles. The fraction of sp³-hybridized carbons (Fsp3) is 0.318. The molecule has 1 aliphatic rings. The van der Waals surface area contributed by atoms with Gasteiger partial charge in [-0.1, -0.05) is 12.1 Å². The highest BCUT2D eigenvalue weighted by Crippen LogP contribution is 2.28. The molecule has 0 aliphatic carbocycles. The van der Waals surface area contributed by atoms with E-state index in [0.29, 0.717) is 30.5 Å². The van der Waals surface area contributed by atoms with Gasteiger partial charge in [-0.2, -0.15) is 9.97 Å². The zero-order valence-electron chi connectivity index (χ0n) is 18.1. The summed E-state index contributed by atoms with van der Waals surface area (Å²) in [6, 6.07) is 8.00. The van der Waals surface area contributed by atoms with Crippen LogP contribution in [0.4, 0.5) is 27.8 Å². The summed E-state index contributed by atoms with van der Waals surface area (Å²) < 4.78 is 13.3. The van der Waals surface area contributed by atoms with Crippen LogP contribution in [0.15, 0.2) is 48.9 Å². The van der Waals surface area contributed by atoms with Gasteiger partial charge in [0.15, 0.2) is 0 Å². The molecule has 0 spiro atoms. The minimum Gasteiger partial charge on any atom is -0.370 e. The highest BCUT2D eigenvalue weighted by molar-refractivity contribution is 5.85. The molecule has 1 aliphatic heterocycles. The topological polar surface area (TPSA) is 122 Å². The largest absolute Gasteiger partial charge is 0.370 e. The molecule has 2 aromatic heterocycles. The van der Waals surface area contributed by atoms with Crippen molar-refractivity contribution in [3.8, 4) is 0 Å². The normalized spacial score (nSPS) is 16.1. The van der Waals surface area contributed by atoms with E-state index < -0.39 is 0 Å². The smallest absolute Gasteiger partial charge is 0.227 e. The molecule has 3 heterocycles. The summed E-state index contributed by atoms with van der Waals surface area (Å²) in [5.74, 6) is 1.89. The first-order valence-electron chi connectivity index (χ1n) is 10.4. The van der Waals surface area contributed by atoms with Crippen molar-refractivity contribution in [2.45, 2.75) is 25.8 Å². The van der Waals surface area contributed by atoms with Crippen LogP contribution in [0.25, 0.3) is 0 Å². The quantitative estimate of drug-likeness (QED) is 0.455. The van der Waals surface area contributed by atoms with Crippen molar-refractivity contribution in [1.29, 1.82) is 0 Å². The van der Waals surface area contributed by atoms with Crippen molar-refractivity contribution in [2.75, 3.05) is 28.6 Å². The Morgan fingerprint density at radius 1 is 1.24 bits per heavy atom.